The van der Waals surface area contributed by atoms with Crippen LogP contribution in [0.15, 0.2) is 35.5 Å². The Hall–Kier alpha value is -1.99. The number of nitrogens with zero attached hydrogens (tertiary/aromatic N) is 2. The molecule has 7 heteroatoms. The van der Waals surface area contributed by atoms with E-state index < -0.39 is 22.6 Å². The van der Waals surface area contributed by atoms with Crippen molar-refractivity contribution in [3.8, 4) is 0 Å². The molecular formula is C20H27N3O3S. The van der Waals surface area contributed by atoms with E-state index in [1.54, 1.807) is 23.5 Å². The number of amides is 1. The highest BCUT2D eigenvalue weighted by molar-refractivity contribution is 7.84. The molecule has 1 aliphatic heterocycles. The van der Waals surface area contributed by atoms with Crippen molar-refractivity contribution in [1.29, 1.82) is 0 Å². The van der Waals surface area contributed by atoms with Gasteiger partial charge in [0, 0.05) is 36.0 Å². The Balaban J connectivity index is 1.88. The van der Waals surface area contributed by atoms with E-state index >= 15 is 0 Å². The predicted octanol–water partition coefficient (Wildman–Crippen LogP) is 3.37. The molecule has 0 spiro atoms. The molecule has 0 aliphatic carbocycles. The van der Waals surface area contributed by atoms with Crippen molar-refractivity contribution in [3.05, 3.63) is 36.2 Å². The summed E-state index contributed by atoms with van der Waals surface area (Å²) in [7, 11) is -1.13. The van der Waals surface area contributed by atoms with Crippen molar-refractivity contribution >= 4 is 27.7 Å². The predicted molar refractivity (Wildman–Crippen MR) is 107 cm³/mol. The highest BCUT2D eigenvalue weighted by Gasteiger charge is 2.33. The summed E-state index contributed by atoms with van der Waals surface area (Å²) in [6.45, 7) is 6.08. The zero-order valence-corrected chi connectivity index (χ0v) is 17.1. The summed E-state index contributed by atoms with van der Waals surface area (Å²) in [5.74, 6) is 0.187. The fraction of sp³-hybridized carbons (Fsp3) is 0.500. The van der Waals surface area contributed by atoms with Crippen molar-refractivity contribution in [2.45, 2.75) is 56.2 Å². The number of pyridine rings is 1. The van der Waals surface area contributed by atoms with Crippen molar-refractivity contribution in [2.24, 2.45) is 5.73 Å². The van der Waals surface area contributed by atoms with E-state index in [2.05, 4.69) is 11.1 Å². The molecule has 2 aromatic rings. The van der Waals surface area contributed by atoms with Crippen LogP contribution in [0.3, 0.4) is 0 Å². The first-order chi connectivity index (χ1) is 12.7. The second-order valence-corrected chi connectivity index (χ2v) is 9.35. The number of likely N-dealkylation sites (tertiary alicyclic amines) is 1. The van der Waals surface area contributed by atoms with Crippen LogP contribution in [0.25, 0.3) is 10.8 Å². The van der Waals surface area contributed by atoms with Gasteiger partial charge in [-0.3, -0.25) is 14.1 Å². The normalized spacial score (nSPS) is 21.9. The number of carbonyl (C=O) groups is 1. The smallest absolute Gasteiger partial charge is 0.411 e. The van der Waals surface area contributed by atoms with Gasteiger partial charge in [0.05, 0.1) is 21.9 Å². The van der Waals surface area contributed by atoms with E-state index in [4.69, 9.17) is 10.5 Å². The molecule has 1 aromatic carbocycles. The maximum absolute atomic E-state index is 12.4. The van der Waals surface area contributed by atoms with E-state index in [9.17, 15) is 9.00 Å². The molecule has 146 valence electrons. The van der Waals surface area contributed by atoms with E-state index in [0.717, 1.165) is 27.7 Å². The lowest BCUT2D eigenvalue weighted by Crippen LogP contribution is -2.51. The highest BCUT2D eigenvalue weighted by Crippen LogP contribution is 2.36. The molecule has 0 radical (unpaired) electrons. The molecule has 3 unspecified atom stereocenters. The van der Waals surface area contributed by atoms with Gasteiger partial charge in [0.25, 0.3) is 0 Å². The Kier molecular flexibility index (Phi) is 5.53. The lowest BCUT2D eigenvalue weighted by atomic mass is 9.85. The van der Waals surface area contributed by atoms with Crippen LogP contribution in [0, 0.1) is 0 Å². The lowest BCUT2D eigenvalue weighted by Gasteiger charge is -2.38. The molecule has 3 atom stereocenters. The zero-order valence-electron chi connectivity index (χ0n) is 16.3. The highest BCUT2D eigenvalue weighted by atomic mass is 32.2. The van der Waals surface area contributed by atoms with Crippen LogP contribution in [0.4, 0.5) is 4.79 Å². The Morgan fingerprint density at radius 2 is 2.07 bits per heavy atom. The van der Waals surface area contributed by atoms with E-state index in [0.29, 0.717) is 13.0 Å². The van der Waals surface area contributed by atoms with Gasteiger partial charge in [-0.15, -0.1) is 0 Å². The maximum Gasteiger partial charge on any atom is 0.411 e. The molecule has 2 heterocycles. The number of fused-ring (bicyclic) bond motifs is 1. The summed E-state index contributed by atoms with van der Waals surface area (Å²) in [6.07, 6.45) is 5.78. The average Bonchev–Trinajstić information content (AvgIpc) is 2.58. The number of piperidine rings is 1. The fourth-order valence-electron chi connectivity index (χ4n) is 3.62. The van der Waals surface area contributed by atoms with Crippen LogP contribution in [0.1, 0.15) is 45.1 Å². The van der Waals surface area contributed by atoms with Crippen molar-refractivity contribution in [3.63, 3.8) is 0 Å². The van der Waals surface area contributed by atoms with Crippen molar-refractivity contribution in [2.75, 3.05) is 12.8 Å². The van der Waals surface area contributed by atoms with Crippen molar-refractivity contribution < 1.29 is 13.7 Å². The molecular weight excluding hydrogens is 362 g/mol. The number of carbonyl (C=O) groups excluding carboxylic acids is 1. The first-order valence-corrected chi connectivity index (χ1v) is 10.7. The number of ether oxygens (including phenoxy) is 1. The van der Waals surface area contributed by atoms with Crippen LogP contribution >= 0.6 is 0 Å². The van der Waals surface area contributed by atoms with Gasteiger partial charge in [-0.25, -0.2) is 4.79 Å². The number of hydrogen-bond acceptors (Lipinski definition) is 5. The van der Waals surface area contributed by atoms with Gasteiger partial charge in [0.15, 0.2) is 0 Å². The minimum absolute atomic E-state index is 0.187. The van der Waals surface area contributed by atoms with Gasteiger partial charge in [0.2, 0.25) is 0 Å². The molecule has 0 saturated carbocycles. The molecule has 27 heavy (non-hydrogen) atoms. The van der Waals surface area contributed by atoms with Gasteiger partial charge >= 0.3 is 6.09 Å². The quantitative estimate of drug-likeness (QED) is 0.851. The minimum Gasteiger partial charge on any atom is -0.444 e. The van der Waals surface area contributed by atoms with Crippen LogP contribution in [-0.2, 0) is 15.5 Å². The first kappa shape index (κ1) is 19.8. The van der Waals surface area contributed by atoms with Crippen molar-refractivity contribution in [1.82, 2.24) is 9.88 Å². The summed E-state index contributed by atoms with van der Waals surface area (Å²) in [5, 5.41) is 1.97. The van der Waals surface area contributed by atoms with Crippen LogP contribution in [0.5, 0.6) is 0 Å². The monoisotopic (exact) mass is 389 g/mol. The molecule has 1 aliphatic rings. The van der Waals surface area contributed by atoms with E-state index in [1.807, 2.05) is 32.9 Å². The average molecular weight is 390 g/mol. The van der Waals surface area contributed by atoms with Crippen LogP contribution in [-0.4, -0.2) is 44.8 Å². The lowest BCUT2D eigenvalue weighted by molar-refractivity contribution is 0.00892. The largest absolute Gasteiger partial charge is 0.444 e. The van der Waals surface area contributed by atoms with Crippen LogP contribution in [0.2, 0.25) is 0 Å². The molecule has 1 fully saturated rings. The topological polar surface area (TPSA) is 85.5 Å². The summed E-state index contributed by atoms with van der Waals surface area (Å²) in [6, 6.07) is 6.05. The molecule has 0 bridgehead atoms. The standard InChI is InChI=1S/C20H27N3O3S/c1-20(2,3)26-19(24)23-9-8-13(10-17(23)21)15-7-5-6-14-11-22-12-16(18(14)15)27(4)25/h5-7,11-13,17H,8-10,21H2,1-4H3. The third-order valence-electron chi connectivity index (χ3n) is 4.80. The van der Waals surface area contributed by atoms with E-state index in [1.165, 1.54) is 0 Å². The molecule has 2 N–H and O–H groups in total. The Morgan fingerprint density at radius 3 is 2.70 bits per heavy atom. The molecule has 1 aromatic heterocycles. The second-order valence-electron chi connectivity index (χ2n) is 8.00. The molecule has 1 amide bonds. The Morgan fingerprint density at radius 1 is 1.33 bits per heavy atom. The fourth-order valence-corrected chi connectivity index (χ4v) is 4.35. The number of rotatable bonds is 2. The maximum atomic E-state index is 12.4. The summed E-state index contributed by atoms with van der Waals surface area (Å²) in [5.41, 5.74) is 6.90. The van der Waals surface area contributed by atoms with Gasteiger partial charge in [-0.1, -0.05) is 18.2 Å². The Bertz CT molecular complexity index is 873. The van der Waals surface area contributed by atoms with Gasteiger partial charge in [-0.2, -0.15) is 0 Å². The summed E-state index contributed by atoms with van der Waals surface area (Å²) >= 11 is 0. The van der Waals surface area contributed by atoms with E-state index in [-0.39, 0.29) is 12.0 Å². The Labute approximate surface area is 162 Å². The zero-order chi connectivity index (χ0) is 19.8. The van der Waals surface area contributed by atoms with Crippen LogP contribution < -0.4 is 5.73 Å². The number of benzene rings is 1. The molecule has 1 saturated heterocycles. The van der Waals surface area contributed by atoms with Gasteiger partial charge in [0.1, 0.15) is 5.60 Å². The number of nitrogens with two attached hydrogens (primary N) is 1. The third-order valence-corrected chi connectivity index (χ3v) is 5.73. The molecule has 3 rings (SSSR count). The summed E-state index contributed by atoms with van der Waals surface area (Å²) in [4.78, 5) is 19.0. The number of hydrogen-bond donors (Lipinski definition) is 1. The number of aromatic nitrogens is 1. The third kappa shape index (κ3) is 4.30. The molecule has 6 nitrogen and oxygen atoms in total. The van der Waals surface area contributed by atoms with Gasteiger partial charge in [-0.05, 0) is 45.1 Å². The minimum atomic E-state index is -1.13. The summed E-state index contributed by atoms with van der Waals surface area (Å²) < 4.78 is 17.7. The SMILES string of the molecule is CS(=O)c1cncc2cccc(C3CCN(C(=O)OC(C)(C)C)C(N)C3)c12. The second kappa shape index (κ2) is 7.56. The van der Waals surface area contributed by atoms with Gasteiger partial charge < -0.3 is 10.5 Å². The first-order valence-electron chi connectivity index (χ1n) is 9.12.